The van der Waals surface area contributed by atoms with Crippen molar-refractivity contribution in [1.82, 2.24) is 20.1 Å². The van der Waals surface area contributed by atoms with Crippen LogP contribution < -0.4 is 16.2 Å². The van der Waals surface area contributed by atoms with Crippen LogP contribution in [0.2, 0.25) is 0 Å². The zero-order valence-electron chi connectivity index (χ0n) is 14.3. The molecule has 1 saturated carbocycles. The van der Waals surface area contributed by atoms with Gasteiger partial charge < -0.3 is 14.8 Å². The van der Waals surface area contributed by atoms with Gasteiger partial charge in [0.2, 0.25) is 11.8 Å². The van der Waals surface area contributed by atoms with Crippen LogP contribution in [0.15, 0.2) is 17.1 Å². The lowest BCUT2D eigenvalue weighted by Crippen LogP contribution is -2.61. The number of rotatable bonds is 2. The summed E-state index contributed by atoms with van der Waals surface area (Å²) in [4.78, 5) is 50.5. The van der Waals surface area contributed by atoms with E-state index < -0.39 is 11.9 Å². The number of hydrogen-bond donors (Lipinski definition) is 2. The van der Waals surface area contributed by atoms with Gasteiger partial charge in [0.25, 0.3) is 11.5 Å². The molecule has 1 aromatic rings. The molecule has 136 valence electrons. The molecule has 0 unspecified atom stereocenters. The van der Waals surface area contributed by atoms with E-state index in [1.807, 2.05) is 0 Å². The number of nitrogens with zero attached hydrogens (tertiary/aromatic N) is 2. The molecule has 0 radical (unpaired) electrons. The maximum Gasteiger partial charge on any atom is 0.256 e. The summed E-state index contributed by atoms with van der Waals surface area (Å²) in [6.07, 6.45) is 4.21. The van der Waals surface area contributed by atoms with E-state index in [4.69, 9.17) is 0 Å². The molecule has 3 aliphatic heterocycles. The molecule has 1 aliphatic carbocycles. The molecule has 2 saturated heterocycles. The van der Waals surface area contributed by atoms with E-state index in [2.05, 4.69) is 10.6 Å². The number of imide groups is 1. The Morgan fingerprint density at radius 3 is 2.54 bits per heavy atom. The summed E-state index contributed by atoms with van der Waals surface area (Å²) in [6, 6.07) is 1.21. The Labute approximate surface area is 149 Å². The number of carbonyl (C=O) groups excluding carboxylic acids is 3. The van der Waals surface area contributed by atoms with Crippen molar-refractivity contribution < 1.29 is 14.4 Å². The second-order valence-electron chi connectivity index (χ2n) is 7.99. The lowest BCUT2D eigenvalue weighted by molar-refractivity contribution is -0.136. The first kappa shape index (κ1) is 15.7. The molecular formula is C18H20N4O4. The topological polar surface area (TPSA) is 101 Å². The summed E-state index contributed by atoms with van der Waals surface area (Å²) < 4.78 is 1.75. The van der Waals surface area contributed by atoms with Crippen molar-refractivity contribution in [3.05, 3.63) is 33.7 Å². The van der Waals surface area contributed by atoms with Gasteiger partial charge in [0, 0.05) is 37.3 Å². The second-order valence-corrected chi connectivity index (χ2v) is 7.99. The monoisotopic (exact) mass is 356 g/mol. The highest BCUT2D eigenvalue weighted by molar-refractivity contribution is 6.05. The van der Waals surface area contributed by atoms with Crippen molar-refractivity contribution in [3.63, 3.8) is 0 Å². The predicted octanol–water partition coefficient (Wildman–Crippen LogP) is -0.466. The van der Waals surface area contributed by atoms with E-state index in [1.54, 1.807) is 16.8 Å². The number of aromatic nitrogens is 1. The average Bonchev–Trinajstić information content (AvgIpc) is 2.85. The summed E-state index contributed by atoms with van der Waals surface area (Å²) in [7, 11) is 0. The fourth-order valence-corrected chi connectivity index (χ4v) is 4.77. The van der Waals surface area contributed by atoms with Gasteiger partial charge >= 0.3 is 0 Å². The second kappa shape index (κ2) is 5.26. The van der Waals surface area contributed by atoms with Crippen LogP contribution in [0.4, 0.5) is 0 Å². The van der Waals surface area contributed by atoms with Crippen LogP contribution in [0.25, 0.3) is 0 Å². The standard InChI is InChI=1S/C18H20N4O4/c23-14-2-1-13(15(24)20-14)22-7-12-11(16(22)25)3-4-21(17(12)26)10-5-18(6-10)8-19-9-18/h3-4,10,13,19H,1-2,5-9H2,(H,20,23,24)/t13-/m1/s1. The number of carbonyl (C=O) groups is 3. The fraction of sp³-hybridized carbons (Fsp3) is 0.556. The minimum Gasteiger partial charge on any atom is -0.322 e. The van der Waals surface area contributed by atoms with Gasteiger partial charge in [0.15, 0.2) is 0 Å². The van der Waals surface area contributed by atoms with E-state index in [-0.39, 0.29) is 36.4 Å². The van der Waals surface area contributed by atoms with Crippen molar-refractivity contribution in [1.29, 1.82) is 0 Å². The third-order valence-electron chi connectivity index (χ3n) is 6.36. The minimum atomic E-state index is -0.687. The van der Waals surface area contributed by atoms with Crippen molar-refractivity contribution in [2.45, 2.75) is 44.3 Å². The molecule has 1 atom stereocenters. The maximum atomic E-state index is 12.9. The molecule has 4 heterocycles. The Morgan fingerprint density at radius 1 is 1.12 bits per heavy atom. The van der Waals surface area contributed by atoms with Crippen LogP contribution in [0.5, 0.6) is 0 Å². The van der Waals surface area contributed by atoms with Gasteiger partial charge in [0.05, 0.1) is 12.1 Å². The first-order valence-electron chi connectivity index (χ1n) is 9.07. The molecule has 3 fully saturated rings. The van der Waals surface area contributed by atoms with Crippen molar-refractivity contribution in [2.24, 2.45) is 5.41 Å². The Morgan fingerprint density at radius 2 is 1.88 bits per heavy atom. The predicted molar refractivity (Wildman–Crippen MR) is 90.3 cm³/mol. The van der Waals surface area contributed by atoms with Crippen molar-refractivity contribution in [2.75, 3.05) is 13.1 Å². The number of piperidine rings is 1. The number of amides is 3. The minimum absolute atomic E-state index is 0.127. The van der Waals surface area contributed by atoms with Crippen molar-refractivity contribution in [3.8, 4) is 0 Å². The van der Waals surface area contributed by atoms with Crippen LogP contribution in [-0.2, 0) is 16.1 Å². The average molecular weight is 356 g/mol. The third kappa shape index (κ3) is 2.11. The molecule has 3 amide bonds. The van der Waals surface area contributed by atoms with E-state index in [0.29, 0.717) is 23.0 Å². The SMILES string of the molecule is O=C1CC[C@@H](N2Cc3c(ccn(C4CC5(CNC5)C4)c3=O)C2=O)C(=O)N1. The van der Waals surface area contributed by atoms with Crippen LogP contribution >= 0.6 is 0 Å². The summed E-state index contributed by atoms with van der Waals surface area (Å²) in [6.45, 7) is 2.18. The molecule has 1 spiro atoms. The van der Waals surface area contributed by atoms with Gasteiger partial charge in [0.1, 0.15) is 6.04 Å². The van der Waals surface area contributed by atoms with Crippen LogP contribution in [0, 0.1) is 5.41 Å². The van der Waals surface area contributed by atoms with Crippen LogP contribution in [0.1, 0.15) is 47.6 Å². The molecule has 0 aromatic carbocycles. The number of nitrogens with one attached hydrogen (secondary N) is 2. The van der Waals surface area contributed by atoms with Crippen molar-refractivity contribution >= 4 is 17.7 Å². The molecule has 8 heteroatoms. The third-order valence-corrected chi connectivity index (χ3v) is 6.36. The largest absolute Gasteiger partial charge is 0.322 e. The Bertz CT molecular complexity index is 893. The highest BCUT2D eigenvalue weighted by Gasteiger charge is 2.49. The van der Waals surface area contributed by atoms with E-state index >= 15 is 0 Å². The zero-order chi connectivity index (χ0) is 18.1. The Kier molecular flexibility index (Phi) is 3.19. The highest BCUT2D eigenvalue weighted by atomic mass is 16.2. The number of pyridine rings is 1. The molecule has 8 nitrogen and oxygen atoms in total. The van der Waals surface area contributed by atoms with Crippen LogP contribution in [0.3, 0.4) is 0 Å². The maximum absolute atomic E-state index is 12.9. The van der Waals surface area contributed by atoms with Gasteiger partial charge in [-0.25, -0.2) is 0 Å². The number of hydrogen-bond acceptors (Lipinski definition) is 5. The first-order chi connectivity index (χ1) is 12.5. The van der Waals surface area contributed by atoms with Crippen LogP contribution in [-0.4, -0.2) is 46.3 Å². The Hall–Kier alpha value is -2.48. The van der Waals surface area contributed by atoms with E-state index in [1.165, 1.54) is 4.90 Å². The fourth-order valence-electron chi connectivity index (χ4n) is 4.77. The summed E-state index contributed by atoms with van der Waals surface area (Å²) >= 11 is 0. The lowest BCUT2D eigenvalue weighted by Gasteiger charge is -2.54. The summed E-state index contributed by atoms with van der Waals surface area (Å²) in [5.74, 6) is -1.07. The summed E-state index contributed by atoms with van der Waals surface area (Å²) in [5.41, 5.74) is 1.08. The van der Waals surface area contributed by atoms with E-state index in [0.717, 1.165) is 25.9 Å². The molecule has 5 rings (SSSR count). The molecule has 0 bridgehead atoms. The molecule has 1 aromatic heterocycles. The molecule has 2 N–H and O–H groups in total. The highest BCUT2D eigenvalue weighted by Crippen LogP contribution is 2.50. The van der Waals surface area contributed by atoms with Gasteiger partial charge in [-0.1, -0.05) is 0 Å². The molecule has 26 heavy (non-hydrogen) atoms. The number of fused-ring (bicyclic) bond motifs is 1. The first-order valence-corrected chi connectivity index (χ1v) is 9.07. The quantitative estimate of drug-likeness (QED) is 0.698. The molecular weight excluding hydrogens is 336 g/mol. The van der Waals surface area contributed by atoms with Gasteiger partial charge in [-0.3, -0.25) is 24.5 Å². The summed E-state index contributed by atoms with van der Waals surface area (Å²) in [5, 5.41) is 5.56. The molecule has 4 aliphatic rings. The van der Waals surface area contributed by atoms with Gasteiger partial charge in [-0.05, 0) is 30.7 Å². The lowest BCUT2D eigenvalue weighted by atomic mass is 9.61. The normalized spacial score (nSPS) is 27.2. The zero-order valence-corrected chi connectivity index (χ0v) is 14.3. The van der Waals surface area contributed by atoms with E-state index in [9.17, 15) is 19.2 Å². The smallest absolute Gasteiger partial charge is 0.256 e. The van der Waals surface area contributed by atoms with Gasteiger partial charge in [-0.15, -0.1) is 0 Å². The Balaban J connectivity index is 1.40. The van der Waals surface area contributed by atoms with Gasteiger partial charge in [-0.2, -0.15) is 0 Å².